The quantitative estimate of drug-likeness (QED) is 0.849. The molecule has 2 aliphatic rings. The number of nitrogens with zero attached hydrogens (tertiary/aromatic N) is 1. The first-order chi connectivity index (χ1) is 10.8. The molecule has 4 heteroatoms. The van der Waals surface area contributed by atoms with E-state index in [0.717, 1.165) is 30.8 Å². The fraction of sp³-hybridized carbons (Fsp3) is 0.611. The Labute approximate surface area is 132 Å². The van der Waals surface area contributed by atoms with Crippen molar-refractivity contribution in [2.75, 3.05) is 26.2 Å². The second-order valence-electron chi connectivity index (χ2n) is 6.32. The maximum Gasteiger partial charge on any atom is 0.261 e. The monoisotopic (exact) mass is 302 g/mol. The van der Waals surface area contributed by atoms with E-state index < -0.39 is 0 Å². The first kappa shape index (κ1) is 15.3. The Morgan fingerprint density at radius 1 is 1.18 bits per heavy atom. The van der Waals surface area contributed by atoms with Crippen LogP contribution >= 0.6 is 0 Å². The van der Waals surface area contributed by atoms with Gasteiger partial charge in [0.2, 0.25) is 0 Å². The Hall–Kier alpha value is -1.55. The highest BCUT2D eigenvalue weighted by Crippen LogP contribution is 2.28. The molecule has 0 aliphatic carbocycles. The van der Waals surface area contributed by atoms with Crippen LogP contribution in [0.5, 0.6) is 5.75 Å². The molecule has 1 atom stereocenters. The van der Waals surface area contributed by atoms with E-state index in [4.69, 9.17) is 4.74 Å². The molecular formula is C18H26N2O2. The molecule has 1 aromatic carbocycles. The number of ether oxygens (including phenoxy) is 1. The van der Waals surface area contributed by atoms with Gasteiger partial charge in [-0.15, -0.1) is 0 Å². The van der Waals surface area contributed by atoms with Gasteiger partial charge in [0.15, 0.2) is 6.10 Å². The van der Waals surface area contributed by atoms with Gasteiger partial charge in [0.05, 0.1) is 0 Å². The zero-order valence-corrected chi connectivity index (χ0v) is 13.2. The largest absolute Gasteiger partial charge is 0.480 e. The van der Waals surface area contributed by atoms with Crippen LogP contribution in [-0.2, 0) is 11.2 Å². The van der Waals surface area contributed by atoms with Gasteiger partial charge < -0.3 is 15.0 Å². The molecule has 1 aromatic rings. The summed E-state index contributed by atoms with van der Waals surface area (Å²) in [5.74, 6) is 0.874. The Morgan fingerprint density at radius 2 is 1.95 bits per heavy atom. The van der Waals surface area contributed by atoms with Crippen molar-refractivity contribution in [2.24, 2.45) is 0 Å². The number of nitrogens with one attached hydrogen (secondary N) is 1. The predicted molar refractivity (Wildman–Crippen MR) is 87.1 cm³/mol. The average molecular weight is 302 g/mol. The highest BCUT2D eigenvalue weighted by Gasteiger charge is 2.28. The standard InChI is InChI=1S/C18H26N2O2/c21-18(17-14-15-8-3-4-9-16(15)22-17)19-10-7-13-20-11-5-1-2-6-12-20/h3-4,8-9,17H,1-2,5-7,10-14H2,(H,19,21). The number of carbonyl (C=O) groups is 1. The van der Waals surface area contributed by atoms with Crippen LogP contribution in [0.4, 0.5) is 0 Å². The molecule has 1 unspecified atom stereocenters. The third kappa shape index (κ3) is 4.01. The van der Waals surface area contributed by atoms with E-state index in [1.54, 1.807) is 0 Å². The predicted octanol–water partition coefficient (Wildman–Crippen LogP) is 2.37. The number of hydrogen-bond acceptors (Lipinski definition) is 3. The van der Waals surface area contributed by atoms with Crippen LogP contribution in [-0.4, -0.2) is 43.1 Å². The van der Waals surface area contributed by atoms with Crippen molar-refractivity contribution in [3.63, 3.8) is 0 Å². The van der Waals surface area contributed by atoms with Crippen molar-refractivity contribution in [1.29, 1.82) is 0 Å². The first-order valence-electron chi connectivity index (χ1n) is 8.57. The molecule has 3 rings (SSSR count). The van der Waals surface area contributed by atoms with Crippen LogP contribution in [0.2, 0.25) is 0 Å². The van der Waals surface area contributed by atoms with Crippen LogP contribution in [0.3, 0.4) is 0 Å². The normalized spacial score (nSPS) is 21.7. The molecule has 0 radical (unpaired) electrons. The minimum Gasteiger partial charge on any atom is -0.480 e. The number of para-hydroxylation sites is 1. The zero-order valence-electron chi connectivity index (χ0n) is 13.2. The van der Waals surface area contributed by atoms with Crippen LogP contribution in [0, 0.1) is 0 Å². The number of carbonyl (C=O) groups excluding carboxylic acids is 1. The van der Waals surface area contributed by atoms with Gasteiger partial charge in [-0.2, -0.15) is 0 Å². The summed E-state index contributed by atoms with van der Waals surface area (Å²) in [5, 5.41) is 3.02. The molecule has 1 fully saturated rings. The summed E-state index contributed by atoms with van der Waals surface area (Å²) in [6.07, 6.45) is 6.73. The molecular weight excluding hydrogens is 276 g/mol. The van der Waals surface area contributed by atoms with Crippen molar-refractivity contribution in [3.05, 3.63) is 29.8 Å². The molecule has 2 heterocycles. The van der Waals surface area contributed by atoms with Crippen LogP contribution in [0.25, 0.3) is 0 Å². The molecule has 1 N–H and O–H groups in total. The van der Waals surface area contributed by atoms with Crippen LogP contribution in [0.15, 0.2) is 24.3 Å². The second-order valence-corrected chi connectivity index (χ2v) is 6.32. The molecule has 1 amide bonds. The van der Waals surface area contributed by atoms with Crippen molar-refractivity contribution in [2.45, 2.75) is 44.6 Å². The van der Waals surface area contributed by atoms with E-state index in [1.807, 2.05) is 24.3 Å². The Kier molecular flexibility index (Phi) is 5.33. The second kappa shape index (κ2) is 7.63. The van der Waals surface area contributed by atoms with Crippen molar-refractivity contribution < 1.29 is 9.53 Å². The summed E-state index contributed by atoms with van der Waals surface area (Å²) < 4.78 is 5.71. The maximum absolute atomic E-state index is 12.2. The lowest BCUT2D eigenvalue weighted by atomic mass is 10.1. The fourth-order valence-corrected chi connectivity index (χ4v) is 3.32. The van der Waals surface area contributed by atoms with Gasteiger partial charge in [0.1, 0.15) is 5.75 Å². The molecule has 0 saturated carbocycles. The molecule has 0 spiro atoms. The van der Waals surface area contributed by atoms with E-state index in [0.29, 0.717) is 6.42 Å². The number of fused-ring (bicyclic) bond motifs is 1. The summed E-state index contributed by atoms with van der Waals surface area (Å²) in [6.45, 7) is 4.27. The lowest BCUT2D eigenvalue weighted by Crippen LogP contribution is -2.39. The SMILES string of the molecule is O=C(NCCCN1CCCCCC1)C1Cc2ccccc2O1. The third-order valence-corrected chi connectivity index (χ3v) is 4.59. The number of benzene rings is 1. The zero-order chi connectivity index (χ0) is 15.2. The average Bonchev–Trinajstić information content (AvgIpc) is 2.81. The Morgan fingerprint density at radius 3 is 2.73 bits per heavy atom. The summed E-state index contributed by atoms with van der Waals surface area (Å²) in [4.78, 5) is 14.7. The lowest BCUT2D eigenvalue weighted by Gasteiger charge is -2.19. The van der Waals surface area contributed by atoms with Gasteiger partial charge in [-0.05, 0) is 50.5 Å². The minimum atomic E-state index is -0.351. The van der Waals surface area contributed by atoms with E-state index in [2.05, 4.69) is 10.2 Å². The van der Waals surface area contributed by atoms with Crippen LogP contribution < -0.4 is 10.1 Å². The van der Waals surface area contributed by atoms with Gasteiger partial charge in [-0.1, -0.05) is 31.0 Å². The Bertz CT molecular complexity index is 471. The van der Waals surface area contributed by atoms with Crippen LogP contribution in [0.1, 0.15) is 37.7 Å². The molecule has 0 bridgehead atoms. The van der Waals surface area contributed by atoms with E-state index in [1.165, 1.54) is 38.8 Å². The molecule has 120 valence electrons. The summed E-state index contributed by atoms with van der Waals surface area (Å²) >= 11 is 0. The molecule has 0 aromatic heterocycles. The maximum atomic E-state index is 12.2. The van der Waals surface area contributed by atoms with E-state index in [9.17, 15) is 4.79 Å². The van der Waals surface area contributed by atoms with E-state index >= 15 is 0 Å². The molecule has 4 nitrogen and oxygen atoms in total. The smallest absolute Gasteiger partial charge is 0.261 e. The number of amides is 1. The fourth-order valence-electron chi connectivity index (χ4n) is 3.32. The molecule has 2 aliphatic heterocycles. The highest BCUT2D eigenvalue weighted by atomic mass is 16.5. The molecule has 22 heavy (non-hydrogen) atoms. The van der Waals surface area contributed by atoms with E-state index in [-0.39, 0.29) is 12.0 Å². The first-order valence-corrected chi connectivity index (χ1v) is 8.57. The minimum absolute atomic E-state index is 0.0204. The van der Waals surface area contributed by atoms with Crippen molar-refractivity contribution in [1.82, 2.24) is 10.2 Å². The highest BCUT2D eigenvalue weighted by molar-refractivity contribution is 5.82. The number of likely N-dealkylation sites (tertiary alicyclic amines) is 1. The van der Waals surface area contributed by atoms with Crippen molar-refractivity contribution in [3.8, 4) is 5.75 Å². The summed E-state index contributed by atoms with van der Waals surface area (Å²) in [7, 11) is 0. The van der Waals surface area contributed by atoms with Gasteiger partial charge in [0, 0.05) is 13.0 Å². The van der Waals surface area contributed by atoms with Gasteiger partial charge >= 0.3 is 0 Å². The van der Waals surface area contributed by atoms with Gasteiger partial charge in [0.25, 0.3) is 5.91 Å². The van der Waals surface area contributed by atoms with Gasteiger partial charge in [-0.3, -0.25) is 4.79 Å². The summed E-state index contributed by atoms with van der Waals surface area (Å²) in [6, 6.07) is 7.90. The number of rotatable bonds is 5. The lowest BCUT2D eigenvalue weighted by molar-refractivity contribution is -0.127. The molecule has 1 saturated heterocycles. The van der Waals surface area contributed by atoms with Crippen molar-refractivity contribution >= 4 is 5.91 Å². The summed E-state index contributed by atoms with van der Waals surface area (Å²) in [5.41, 5.74) is 1.13. The number of hydrogen-bond donors (Lipinski definition) is 1. The van der Waals surface area contributed by atoms with Gasteiger partial charge in [-0.25, -0.2) is 0 Å². The third-order valence-electron chi connectivity index (χ3n) is 4.59. The topological polar surface area (TPSA) is 41.6 Å². The Balaban J connectivity index is 1.35.